The third-order valence-electron chi connectivity index (χ3n) is 4.79. The van der Waals surface area contributed by atoms with Crippen LogP contribution in [-0.4, -0.2) is 23.6 Å². The number of ketones is 1. The van der Waals surface area contributed by atoms with Gasteiger partial charge in [-0.25, -0.2) is 4.90 Å². The lowest BCUT2D eigenvalue weighted by Gasteiger charge is -2.26. The highest BCUT2D eigenvalue weighted by atomic mass is 35.5. The van der Waals surface area contributed by atoms with Gasteiger partial charge in [0, 0.05) is 11.9 Å². The molecule has 0 spiro atoms. The molecule has 2 aromatic carbocycles. The average Bonchev–Trinajstić information content (AvgIpc) is 3.16. The van der Waals surface area contributed by atoms with Crippen LogP contribution in [0.2, 0.25) is 5.02 Å². The van der Waals surface area contributed by atoms with Gasteiger partial charge in [0.25, 0.3) is 11.8 Å². The zero-order chi connectivity index (χ0) is 19.3. The number of nitrogens with zero attached hydrogens (tertiary/aromatic N) is 2. The molecule has 1 fully saturated rings. The summed E-state index contributed by atoms with van der Waals surface area (Å²) >= 11 is 6.17. The molecule has 7 heteroatoms. The minimum absolute atomic E-state index is 0.143. The summed E-state index contributed by atoms with van der Waals surface area (Å²) in [6.07, 6.45) is 0. The predicted molar refractivity (Wildman–Crippen MR) is 102 cm³/mol. The number of rotatable bonds is 3. The number of carbonyl (C=O) groups excluding carboxylic acids is 3. The number of para-hydroxylation sites is 1. The first-order valence-corrected chi connectivity index (χ1v) is 8.79. The maximum Gasteiger partial charge on any atom is 0.266 e. The molecule has 6 nitrogen and oxygen atoms in total. The van der Waals surface area contributed by atoms with Crippen LogP contribution in [0.3, 0.4) is 0 Å². The van der Waals surface area contributed by atoms with Gasteiger partial charge >= 0.3 is 0 Å². The number of nitrogens with one attached hydrogen (secondary N) is 1. The highest BCUT2D eigenvalue weighted by Gasteiger charge is 2.53. The van der Waals surface area contributed by atoms with E-state index in [2.05, 4.69) is 5.43 Å². The number of imide groups is 1. The summed E-state index contributed by atoms with van der Waals surface area (Å²) in [5, 5.41) is 2.02. The Bertz CT molecular complexity index is 1020. The maximum absolute atomic E-state index is 13.2. The van der Waals surface area contributed by atoms with Crippen molar-refractivity contribution in [2.45, 2.75) is 19.9 Å². The molecule has 0 saturated carbocycles. The van der Waals surface area contributed by atoms with Crippen molar-refractivity contribution in [2.75, 3.05) is 9.91 Å². The molecular weight excluding hydrogens is 366 g/mol. The lowest BCUT2D eigenvalue weighted by Crippen LogP contribution is -2.46. The third-order valence-corrected chi connectivity index (χ3v) is 5.20. The van der Waals surface area contributed by atoms with Crippen molar-refractivity contribution >= 4 is 40.6 Å². The molecule has 136 valence electrons. The molecule has 4 rings (SSSR count). The number of fused-ring (bicyclic) bond motifs is 1. The quantitative estimate of drug-likeness (QED) is 0.828. The second-order valence-corrected chi connectivity index (χ2v) is 6.83. The van der Waals surface area contributed by atoms with Crippen molar-refractivity contribution in [1.29, 1.82) is 0 Å². The minimum Gasteiger partial charge on any atom is -0.293 e. The molecule has 2 aliphatic rings. The Morgan fingerprint density at radius 2 is 1.78 bits per heavy atom. The molecule has 1 atom stereocenters. The Morgan fingerprint density at radius 3 is 2.44 bits per heavy atom. The summed E-state index contributed by atoms with van der Waals surface area (Å²) in [4.78, 5) is 39.6. The molecule has 0 aliphatic carbocycles. The lowest BCUT2D eigenvalue weighted by molar-refractivity contribution is -0.121. The van der Waals surface area contributed by atoms with Crippen LogP contribution in [0.15, 0.2) is 59.8 Å². The SMILES string of the molecule is CC(=O)C1=C2C(=O)N(c3cccc(Cl)c3C)C(=O)[C@H]2N(c2ccccc2)N1. The van der Waals surface area contributed by atoms with Crippen molar-refractivity contribution in [1.82, 2.24) is 5.43 Å². The van der Waals surface area contributed by atoms with Crippen molar-refractivity contribution in [3.05, 3.63) is 70.4 Å². The Kier molecular flexibility index (Phi) is 4.00. The van der Waals surface area contributed by atoms with Crippen LogP contribution in [0.5, 0.6) is 0 Å². The van der Waals surface area contributed by atoms with Crippen LogP contribution in [0, 0.1) is 6.92 Å². The first kappa shape index (κ1) is 17.3. The summed E-state index contributed by atoms with van der Waals surface area (Å²) in [6.45, 7) is 3.12. The molecule has 0 aromatic heterocycles. The van der Waals surface area contributed by atoms with Crippen molar-refractivity contribution in [3.8, 4) is 0 Å². The minimum atomic E-state index is -0.905. The summed E-state index contributed by atoms with van der Waals surface area (Å²) in [5.74, 6) is -1.24. The topological polar surface area (TPSA) is 69.7 Å². The van der Waals surface area contributed by atoms with Crippen molar-refractivity contribution in [3.63, 3.8) is 0 Å². The number of Topliss-reactive ketones (excluding diaryl/α,β-unsaturated/α-hetero) is 1. The summed E-state index contributed by atoms with van der Waals surface area (Å²) in [6, 6.07) is 13.3. The molecule has 0 unspecified atom stereocenters. The summed E-state index contributed by atoms with van der Waals surface area (Å²) in [5.41, 5.74) is 4.98. The van der Waals surface area contributed by atoms with E-state index in [1.165, 1.54) is 6.92 Å². The van der Waals surface area contributed by atoms with Gasteiger partial charge in [-0.15, -0.1) is 0 Å². The highest BCUT2D eigenvalue weighted by molar-refractivity contribution is 6.36. The molecule has 0 bridgehead atoms. The molecule has 0 radical (unpaired) electrons. The van der Waals surface area contributed by atoms with Gasteiger partial charge in [-0.1, -0.05) is 35.9 Å². The van der Waals surface area contributed by atoms with Crippen LogP contribution < -0.4 is 15.3 Å². The third kappa shape index (κ3) is 2.52. The number of benzene rings is 2. The van der Waals surface area contributed by atoms with Gasteiger partial charge in [-0.05, 0) is 36.8 Å². The molecule has 2 heterocycles. The molecule has 2 aliphatic heterocycles. The van der Waals surface area contributed by atoms with E-state index in [9.17, 15) is 14.4 Å². The Morgan fingerprint density at radius 1 is 1.07 bits per heavy atom. The molecule has 1 saturated heterocycles. The van der Waals surface area contributed by atoms with E-state index in [0.29, 0.717) is 22.0 Å². The van der Waals surface area contributed by atoms with Gasteiger partial charge in [-0.3, -0.25) is 24.8 Å². The van der Waals surface area contributed by atoms with E-state index < -0.39 is 17.9 Å². The normalized spacial score (nSPS) is 18.9. The second-order valence-electron chi connectivity index (χ2n) is 6.43. The highest BCUT2D eigenvalue weighted by Crippen LogP contribution is 2.38. The predicted octanol–water partition coefficient (Wildman–Crippen LogP) is 2.76. The number of halogens is 1. The number of carbonyl (C=O) groups is 3. The van der Waals surface area contributed by atoms with Crippen LogP contribution in [0.1, 0.15) is 12.5 Å². The lowest BCUT2D eigenvalue weighted by atomic mass is 10.1. The van der Waals surface area contributed by atoms with Crippen LogP contribution >= 0.6 is 11.6 Å². The zero-order valence-corrected chi connectivity index (χ0v) is 15.4. The van der Waals surface area contributed by atoms with Gasteiger partial charge in [-0.2, -0.15) is 0 Å². The van der Waals surface area contributed by atoms with Gasteiger partial charge in [0.1, 0.15) is 5.70 Å². The Hall–Kier alpha value is -3.12. The number of hydrogen-bond acceptors (Lipinski definition) is 5. The summed E-state index contributed by atoms with van der Waals surface area (Å²) < 4.78 is 0. The fourth-order valence-corrected chi connectivity index (χ4v) is 3.62. The molecular formula is C20H16ClN3O3. The molecule has 1 N–H and O–H groups in total. The number of anilines is 2. The van der Waals surface area contributed by atoms with Crippen molar-refractivity contribution in [2.24, 2.45) is 0 Å². The van der Waals surface area contributed by atoms with Crippen LogP contribution in [0.25, 0.3) is 0 Å². The molecule has 2 aromatic rings. The first-order chi connectivity index (χ1) is 12.9. The van der Waals surface area contributed by atoms with Gasteiger partial charge < -0.3 is 0 Å². The van der Waals surface area contributed by atoms with E-state index in [-0.39, 0.29) is 17.1 Å². The second kappa shape index (κ2) is 6.25. The standard InChI is InChI=1S/C20H16ClN3O3/c1-11-14(21)9-6-10-15(11)23-19(26)16-17(12(2)25)22-24(18(16)20(23)27)13-7-4-3-5-8-13/h3-10,18,22H,1-2H3/t18-/m0/s1. The Balaban J connectivity index is 1.86. The first-order valence-electron chi connectivity index (χ1n) is 8.41. The van der Waals surface area contributed by atoms with E-state index in [0.717, 1.165) is 4.90 Å². The number of hydrazine groups is 1. The Labute approximate surface area is 161 Å². The fraction of sp³-hybridized carbons (Fsp3) is 0.150. The number of hydrogen-bond donors (Lipinski definition) is 1. The maximum atomic E-state index is 13.2. The van der Waals surface area contributed by atoms with Crippen LogP contribution in [-0.2, 0) is 14.4 Å². The largest absolute Gasteiger partial charge is 0.293 e. The van der Waals surface area contributed by atoms with E-state index >= 15 is 0 Å². The van der Waals surface area contributed by atoms with Gasteiger partial charge in [0.2, 0.25) is 0 Å². The van der Waals surface area contributed by atoms with E-state index in [1.807, 2.05) is 18.2 Å². The van der Waals surface area contributed by atoms with Gasteiger partial charge in [0.05, 0.1) is 16.9 Å². The van der Waals surface area contributed by atoms with E-state index in [4.69, 9.17) is 11.6 Å². The van der Waals surface area contributed by atoms with E-state index in [1.54, 1.807) is 42.3 Å². The smallest absolute Gasteiger partial charge is 0.266 e. The van der Waals surface area contributed by atoms with Crippen molar-refractivity contribution < 1.29 is 14.4 Å². The number of allylic oxidation sites excluding steroid dienone is 1. The summed E-state index contributed by atoms with van der Waals surface area (Å²) in [7, 11) is 0. The monoisotopic (exact) mass is 381 g/mol. The van der Waals surface area contributed by atoms with Gasteiger partial charge in [0.15, 0.2) is 11.8 Å². The average molecular weight is 382 g/mol. The van der Waals surface area contributed by atoms with Crippen LogP contribution in [0.4, 0.5) is 11.4 Å². The molecule has 27 heavy (non-hydrogen) atoms. The number of amides is 2. The molecule has 2 amide bonds. The zero-order valence-electron chi connectivity index (χ0n) is 14.7. The fourth-order valence-electron chi connectivity index (χ4n) is 3.45.